The number of fused-ring (bicyclic) bond motifs is 4. The third kappa shape index (κ3) is 4.38. The van der Waals surface area contributed by atoms with Crippen LogP contribution in [0.15, 0.2) is 101 Å². The van der Waals surface area contributed by atoms with Crippen molar-refractivity contribution in [3.63, 3.8) is 0 Å². The van der Waals surface area contributed by atoms with Crippen LogP contribution in [0.3, 0.4) is 0 Å². The number of nitrogens with zero attached hydrogens (tertiary/aromatic N) is 5. The summed E-state index contributed by atoms with van der Waals surface area (Å²) in [5.41, 5.74) is 4.47. The van der Waals surface area contributed by atoms with E-state index in [0.717, 1.165) is 39.2 Å². The molecule has 0 fully saturated rings. The Labute approximate surface area is 240 Å². The maximum absolute atomic E-state index is 4.53. The molecule has 0 atom stereocenters. The van der Waals surface area contributed by atoms with Crippen LogP contribution in [0.4, 0.5) is 17.3 Å². The summed E-state index contributed by atoms with van der Waals surface area (Å²) in [4.78, 5) is 15.0. The Morgan fingerprint density at radius 3 is 2.55 bits per heavy atom. The molecule has 0 saturated carbocycles. The standard InChI is InChI=1S/C31H21N5S.Pt/c1-34-21-36(31-30(34)32-16-17-33-31)23-10-7-11-24(18-23)37-25-14-15-29-27(19-25)26-12-5-6-13-28(26)35(29)20-22-8-3-2-4-9-22;/h2-8,10-13,15-17,19,21H,20H2,1H3;/q-4;+4. The summed E-state index contributed by atoms with van der Waals surface area (Å²) in [5.74, 6) is 1.64. The van der Waals surface area contributed by atoms with E-state index < -0.39 is 0 Å². The van der Waals surface area contributed by atoms with E-state index in [4.69, 9.17) is 0 Å². The predicted molar refractivity (Wildman–Crippen MR) is 149 cm³/mol. The first-order chi connectivity index (χ1) is 18.2. The Morgan fingerprint density at radius 2 is 1.68 bits per heavy atom. The van der Waals surface area contributed by atoms with Gasteiger partial charge in [0.05, 0.1) is 0 Å². The fourth-order valence-electron chi connectivity index (χ4n) is 4.85. The molecule has 2 aromatic heterocycles. The number of aromatic nitrogens is 3. The Hall–Kier alpha value is -3.60. The summed E-state index contributed by atoms with van der Waals surface area (Å²) in [6.07, 6.45) is 3.43. The van der Waals surface area contributed by atoms with E-state index in [2.05, 4.69) is 93.4 Å². The van der Waals surface area contributed by atoms with Crippen LogP contribution in [0.25, 0.3) is 21.8 Å². The second kappa shape index (κ2) is 10.3. The van der Waals surface area contributed by atoms with Crippen LogP contribution in [-0.4, -0.2) is 21.6 Å². The van der Waals surface area contributed by atoms with Gasteiger partial charge in [0.25, 0.3) is 0 Å². The first-order valence-electron chi connectivity index (χ1n) is 12.0. The van der Waals surface area contributed by atoms with Crippen LogP contribution in [-0.2, 0) is 27.6 Å². The van der Waals surface area contributed by atoms with Crippen molar-refractivity contribution in [3.05, 3.63) is 122 Å². The molecule has 7 heteroatoms. The second-order valence-electron chi connectivity index (χ2n) is 8.89. The fraction of sp³-hybridized carbons (Fsp3) is 0.0645. The molecule has 1 aliphatic rings. The predicted octanol–water partition coefficient (Wildman–Crippen LogP) is 6.89. The Bertz CT molecular complexity index is 1750. The smallest absolute Gasteiger partial charge is 0.487 e. The molecule has 5 nitrogen and oxygen atoms in total. The van der Waals surface area contributed by atoms with Crippen molar-refractivity contribution in [2.75, 3.05) is 16.8 Å². The second-order valence-corrected chi connectivity index (χ2v) is 9.97. The van der Waals surface area contributed by atoms with Crippen molar-refractivity contribution >= 4 is 50.9 Å². The molecule has 0 spiro atoms. The molecule has 3 heterocycles. The molecule has 38 heavy (non-hydrogen) atoms. The van der Waals surface area contributed by atoms with Crippen LogP contribution < -0.4 is 9.80 Å². The number of hydrogen-bond acceptors (Lipinski definition) is 5. The summed E-state index contributed by atoms with van der Waals surface area (Å²) in [7, 11) is 1.97. The summed E-state index contributed by atoms with van der Waals surface area (Å²) in [6.45, 7) is 2.76. The van der Waals surface area contributed by atoms with Gasteiger partial charge >= 0.3 is 21.1 Å². The topological polar surface area (TPSA) is 37.2 Å². The van der Waals surface area contributed by atoms with E-state index in [-0.39, 0.29) is 21.1 Å². The summed E-state index contributed by atoms with van der Waals surface area (Å²) < 4.78 is 2.35. The van der Waals surface area contributed by atoms with E-state index >= 15 is 0 Å². The van der Waals surface area contributed by atoms with Gasteiger partial charge in [-0.3, -0.25) is 0 Å². The van der Waals surface area contributed by atoms with Gasteiger partial charge in [-0.05, 0) is 18.5 Å². The van der Waals surface area contributed by atoms with Crippen LogP contribution in [0.1, 0.15) is 5.56 Å². The molecule has 7 rings (SSSR count). The van der Waals surface area contributed by atoms with Crippen molar-refractivity contribution in [1.29, 1.82) is 0 Å². The minimum atomic E-state index is 0. The van der Waals surface area contributed by atoms with Crippen molar-refractivity contribution < 1.29 is 21.1 Å². The van der Waals surface area contributed by atoms with E-state index in [9.17, 15) is 0 Å². The third-order valence-corrected chi connectivity index (χ3v) is 7.44. The number of hydrogen-bond donors (Lipinski definition) is 0. The van der Waals surface area contributed by atoms with Crippen LogP contribution in [0.2, 0.25) is 0 Å². The normalized spacial score (nSPS) is 12.7. The van der Waals surface area contributed by atoms with Crippen molar-refractivity contribution in [2.45, 2.75) is 16.3 Å². The Morgan fingerprint density at radius 1 is 0.842 bits per heavy atom. The molecule has 0 aliphatic carbocycles. The molecular formula is C31H21N5PtS. The molecule has 4 aromatic carbocycles. The Kier molecular flexibility index (Phi) is 6.69. The van der Waals surface area contributed by atoms with Gasteiger partial charge in [0.2, 0.25) is 0 Å². The minimum Gasteiger partial charge on any atom is -0.487 e. The van der Waals surface area contributed by atoms with Gasteiger partial charge in [-0.2, -0.15) is 54.6 Å². The van der Waals surface area contributed by atoms with Crippen molar-refractivity contribution in [1.82, 2.24) is 14.5 Å². The maximum Gasteiger partial charge on any atom is 4.00 e. The minimum absolute atomic E-state index is 0. The van der Waals surface area contributed by atoms with Gasteiger partial charge in [-0.15, -0.1) is 63.1 Å². The van der Waals surface area contributed by atoms with E-state index in [1.165, 1.54) is 21.8 Å². The molecule has 0 saturated heterocycles. The average Bonchev–Trinajstić information content (AvgIpc) is 3.44. The van der Waals surface area contributed by atoms with Gasteiger partial charge in [0.1, 0.15) is 11.6 Å². The molecule has 0 amide bonds. The molecule has 0 unspecified atom stereocenters. The van der Waals surface area contributed by atoms with Gasteiger partial charge < -0.3 is 14.4 Å². The molecule has 6 aromatic rings. The fourth-order valence-corrected chi connectivity index (χ4v) is 5.69. The number of para-hydroxylation sites is 1. The summed E-state index contributed by atoms with van der Waals surface area (Å²) in [6, 6.07) is 37.7. The average molecular weight is 691 g/mol. The summed E-state index contributed by atoms with van der Waals surface area (Å²) in [5, 5.41) is 2.47. The largest absolute Gasteiger partial charge is 4.00 e. The summed E-state index contributed by atoms with van der Waals surface area (Å²) >= 11 is 1.66. The Balaban J connectivity index is 0.00000264. The number of anilines is 3. The van der Waals surface area contributed by atoms with Crippen molar-refractivity contribution in [3.8, 4) is 0 Å². The zero-order valence-electron chi connectivity index (χ0n) is 20.4. The van der Waals surface area contributed by atoms with Gasteiger partial charge in [0, 0.05) is 24.5 Å². The van der Waals surface area contributed by atoms with Crippen LogP contribution >= 0.6 is 11.8 Å². The zero-order valence-corrected chi connectivity index (χ0v) is 23.5. The van der Waals surface area contributed by atoms with E-state index in [1.54, 1.807) is 24.2 Å². The number of benzene rings is 4. The molecule has 0 N–H and O–H groups in total. The van der Waals surface area contributed by atoms with Gasteiger partial charge in [-0.1, -0.05) is 23.7 Å². The van der Waals surface area contributed by atoms with E-state index in [1.807, 2.05) is 41.7 Å². The van der Waals surface area contributed by atoms with Gasteiger partial charge in [-0.25, -0.2) is 9.97 Å². The molecule has 1 aliphatic heterocycles. The number of rotatable bonds is 5. The first-order valence-corrected chi connectivity index (χ1v) is 12.8. The molecule has 0 radical (unpaired) electrons. The quantitative estimate of drug-likeness (QED) is 0.184. The van der Waals surface area contributed by atoms with Crippen molar-refractivity contribution in [2.24, 2.45) is 0 Å². The zero-order chi connectivity index (χ0) is 24.8. The maximum atomic E-state index is 4.53. The first kappa shape index (κ1) is 24.7. The van der Waals surface area contributed by atoms with Crippen LogP contribution in [0, 0.1) is 24.9 Å². The monoisotopic (exact) mass is 690 g/mol. The molecule has 0 bridgehead atoms. The van der Waals surface area contributed by atoms with Crippen LogP contribution in [0.5, 0.6) is 0 Å². The molecular weight excluding hydrogens is 670 g/mol. The van der Waals surface area contributed by atoms with Gasteiger partial charge in [0.15, 0.2) is 0 Å². The van der Waals surface area contributed by atoms with E-state index in [0.29, 0.717) is 0 Å². The third-order valence-electron chi connectivity index (χ3n) is 6.52. The molecule has 186 valence electrons. The SMILES string of the molecule is CN1[CH-]N(c2[c-]c(Sc3[c-]cc4c(c3)c3ccccc3n4Cc3[c-]cccc3)ccc2)c2nccnc21.[Pt+4].